The molecule has 10 aliphatic heterocycles. The Kier molecular flexibility index (Phi) is 24.3. The zero-order chi connectivity index (χ0) is 92.4. The molecule has 136 heavy (non-hydrogen) atoms. The summed E-state index contributed by atoms with van der Waals surface area (Å²) in [6.07, 6.45) is 27.7. The Bertz CT molecular complexity index is 6940. The zero-order valence-electron chi connectivity index (χ0n) is 78.3. The Morgan fingerprint density at radius 3 is 1.32 bits per heavy atom. The molecule has 7 aromatic heterocycles. The van der Waals surface area contributed by atoms with Gasteiger partial charge in [-0.2, -0.15) is 67.3 Å². The molecule has 0 saturated carbocycles. The first-order valence-electron chi connectivity index (χ1n) is 46.1. The molecule has 0 aliphatic carbocycles. The van der Waals surface area contributed by atoms with Gasteiger partial charge in [-0.05, 0) is 164 Å². The number of hydrogen-bond acceptors (Lipinski definition) is 24. The fraction of sp³-hybridized carbons (Fsp3) is 0.207. The van der Waals surface area contributed by atoms with E-state index < -0.39 is 0 Å². The summed E-state index contributed by atoms with van der Waals surface area (Å²) in [6, 6.07) is 83.8. The van der Waals surface area contributed by atoms with E-state index in [1.165, 1.54) is 84.1 Å². The van der Waals surface area contributed by atoms with E-state index in [0.29, 0.717) is 24.2 Å². The number of hydrogen-bond donors (Lipinski definition) is 0. The molecule has 0 bridgehead atoms. The molecule has 0 fully saturated rings. The predicted molar refractivity (Wildman–Crippen MR) is 542 cm³/mol. The van der Waals surface area contributed by atoms with Crippen LogP contribution >= 0.6 is 0 Å². The van der Waals surface area contributed by atoms with Crippen LogP contribution in [-0.4, -0.2) is 125 Å². The summed E-state index contributed by atoms with van der Waals surface area (Å²) in [7, 11) is 10.3. The second kappa shape index (κ2) is 37.3. The third-order valence-electron chi connectivity index (χ3n) is 26.8. The molecule has 9 aromatic carbocycles. The van der Waals surface area contributed by atoms with Crippen LogP contribution in [0.25, 0.3) is 45.4 Å². The van der Waals surface area contributed by atoms with Crippen molar-refractivity contribution in [2.75, 3.05) is 89.1 Å². The number of fused-ring (bicyclic) bond motifs is 21. The molecule has 4 atom stereocenters. The van der Waals surface area contributed by atoms with Gasteiger partial charge in [0.05, 0.1) is 18.6 Å². The van der Waals surface area contributed by atoms with E-state index in [9.17, 15) is 0 Å². The zero-order valence-corrected chi connectivity index (χ0v) is 80.7. The van der Waals surface area contributed by atoms with Crippen molar-refractivity contribution in [1.82, 2.24) is 64.7 Å². The molecule has 0 spiro atoms. The standard InChI is InChI=1S/C26H22N4.C24H27N5.C20H18N4.C19H17N5.C12H10N4.C10H10N2.Ir/c1-17-9-8-10-18(2)23(17)24-25-26(28-16-27-24)30-21-14-7-6-11-19(21)15-22(30)29(25)20-12-4-3-5-13-20;1-14(2)17-11-25-12-18(15(3)4)22(17)23-26-13-20-24(27-23)28(5)21-10-16-8-6-7-9-19(16)29(20)21;1-13-7-3-5-9-15(13)19-21-12-17-20(22-19)23(2)18-11-14-8-4-6-10-16(14)24(17)18;1-12-10-20-8-7-14(12)18-21-11-16-19(22-18)23(2)17-9-13-5-3-4-6-15(13)24(16)17;1-15-9-16(10-5-3-2-4-6-10)12-11(15)13-7-8-14-12;1-11-7-8-12(9-11)10-5-3-2-4-6-10;/h3-14,16,22H,15H2,1-2H3;6-9,11-15,21H,10H2,1-5H3;3-10,12,18H,11H2,1-2H3;3-8,10-11,17H,9H2,1-2H3;2-5,7-9H,1H3;2-5,7-9H,1H3;/q;;;;2*-2;. The summed E-state index contributed by atoms with van der Waals surface area (Å²) < 4.78 is 0. The molecule has 16 aromatic rings. The molecule has 1 radical (unpaired) electrons. The Balaban J connectivity index is 0.000000103. The van der Waals surface area contributed by atoms with Crippen LogP contribution in [0.1, 0.15) is 95.2 Å². The van der Waals surface area contributed by atoms with Gasteiger partial charge < -0.3 is 58.8 Å². The maximum absolute atomic E-state index is 5.09. The van der Waals surface area contributed by atoms with Crippen LogP contribution in [-0.2, 0) is 45.8 Å². The maximum Gasteiger partial charge on any atom is 0.162 e. The van der Waals surface area contributed by atoms with Crippen LogP contribution in [0.4, 0.5) is 97.5 Å². The van der Waals surface area contributed by atoms with Gasteiger partial charge in [0.25, 0.3) is 0 Å². The van der Waals surface area contributed by atoms with Crippen molar-refractivity contribution in [2.24, 2.45) is 0 Å². The van der Waals surface area contributed by atoms with Crippen molar-refractivity contribution in [1.29, 1.82) is 0 Å². The van der Waals surface area contributed by atoms with E-state index in [-0.39, 0.29) is 32.4 Å². The van der Waals surface area contributed by atoms with Crippen molar-refractivity contribution in [2.45, 2.75) is 118 Å². The third kappa shape index (κ3) is 16.1. The Morgan fingerprint density at radius 2 is 0.809 bits per heavy atom. The normalized spacial score (nSPS) is 16.6. The van der Waals surface area contributed by atoms with Gasteiger partial charge in [-0.1, -0.05) is 161 Å². The first-order valence-corrected chi connectivity index (χ1v) is 46.1. The molecule has 681 valence electrons. The van der Waals surface area contributed by atoms with Gasteiger partial charge in [-0.25, -0.2) is 49.8 Å². The molecule has 0 N–H and O–H groups in total. The first-order chi connectivity index (χ1) is 65.9. The molecule has 26 rings (SSSR count). The number of rotatable bonds is 9. The number of pyridine rings is 2. The summed E-state index contributed by atoms with van der Waals surface area (Å²) >= 11 is 0. The third-order valence-corrected chi connectivity index (χ3v) is 26.8. The fourth-order valence-corrected chi connectivity index (χ4v) is 20.1. The Labute approximate surface area is 809 Å². The van der Waals surface area contributed by atoms with Gasteiger partial charge in [0, 0.05) is 155 Å². The number of para-hydroxylation sites is 7. The molecule has 4 unspecified atom stereocenters. The van der Waals surface area contributed by atoms with Crippen LogP contribution in [0.5, 0.6) is 0 Å². The number of aryl methyl sites for hydroxylation is 4. The van der Waals surface area contributed by atoms with E-state index in [2.05, 4.69) is 309 Å². The Hall–Kier alpha value is -15.3. The van der Waals surface area contributed by atoms with Crippen LogP contribution in [0.3, 0.4) is 0 Å². The van der Waals surface area contributed by atoms with Gasteiger partial charge >= 0.3 is 0 Å². The van der Waals surface area contributed by atoms with E-state index in [1.807, 2.05) is 170 Å². The first kappa shape index (κ1) is 88.6. The van der Waals surface area contributed by atoms with Crippen LogP contribution in [0.2, 0.25) is 0 Å². The Morgan fingerprint density at radius 1 is 0.346 bits per heavy atom. The van der Waals surface area contributed by atoms with Crippen molar-refractivity contribution >= 4 is 97.5 Å². The molecular formula is C111H104IrN24-4. The van der Waals surface area contributed by atoms with Crippen molar-refractivity contribution in [3.8, 4) is 45.4 Å². The minimum absolute atomic E-state index is 0. The van der Waals surface area contributed by atoms with Crippen molar-refractivity contribution in [3.05, 3.63) is 380 Å². The molecular weight excluding hydrogens is 1860 g/mol. The smallest absolute Gasteiger partial charge is 0.162 e. The van der Waals surface area contributed by atoms with Crippen LogP contribution < -0.4 is 53.9 Å². The van der Waals surface area contributed by atoms with Gasteiger partial charge in [0.15, 0.2) is 40.7 Å². The summed E-state index contributed by atoms with van der Waals surface area (Å²) in [5, 5.41) is 0. The van der Waals surface area contributed by atoms with Gasteiger partial charge in [0.2, 0.25) is 0 Å². The van der Waals surface area contributed by atoms with E-state index in [0.717, 1.165) is 140 Å². The summed E-state index contributed by atoms with van der Waals surface area (Å²) in [6.45, 7) is 21.2. The average molecular weight is 1970 g/mol. The molecule has 24 nitrogen and oxygen atoms in total. The molecule has 25 heteroatoms. The van der Waals surface area contributed by atoms with E-state index in [4.69, 9.17) is 29.9 Å². The van der Waals surface area contributed by atoms with Gasteiger partial charge in [-0.15, -0.1) is 18.0 Å². The fourth-order valence-electron chi connectivity index (χ4n) is 20.1. The second-order valence-electron chi connectivity index (χ2n) is 35.9. The van der Waals surface area contributed by atoms with Gasteiger partial charge in [0.1, 0.15) is 71.1 Å². The van der Waals surface area contributed by atoms with Crippen molar-refractivity contribution in [3.63, 3.8) is 0 Å². The number of likely N-dealkylation sites (N-methyl/N-ethyl adjacent to an activating group) is 3. The SMILES string of the molecule is CC(C)c1cncc(C(C)C)c1-c1ncc2c(n1)N(C)C1Cc3ccccc3N21.CN1C=CN(c2[c-]cccc2)[CH-]1.CN1[CH-]N(c2[c-]cccc2)c2nccnc21.Cc1cccc(C)c1-c1ncnc2c1N(c1ccccc1)C1Cc3ccccc3N21.Cc1ccccc1-c1ncc2c(n1)N(C)C1Cc3ccccc3N21.Cc1cnccc1-c1ncc2c(n1)N(C)C1Cc3ccccc3N21.[Ir]. The number of nitrogens with zero attached hydrogens (tertiary/aromatic N) is 24. The maximum atomic E-state index is 5.09. The number of aromatic nitrogens is 12. The quantitative estimate of drug-likeness (QED) is 0.124. The second-order valence-corrected chi connectivity index (χ2v) is 35.9. The van der Waals surface area contributed by atoms with E-state index >= 15 is 0 Å². The number of anilines is 17. The summed E-state index contributed by atoms with van der Waals surface area (Å²) in [4.78, 5) is 82.6. The largest absolute Gasteiger partial charge is 0.510 e. The molecule has 17 heterocycles. The number of benzene rings is 9. The van der Waals surface area contributed by atoms with E-state index in [1.54, 1.807) is 24.9 Å². The monoisotopic (exact) mass is 1970 g/mol. The molecule has 10 aliphatic rings. The summed E-state index contributed by atoms with van der Waals surface area (Å²) in [5.74, 6) is 8.80. The minimum Gasteiger partial charge on any atom is -0.510 e. The predicted octanol–water partition coefficient (Wildman–Crippen LogP) is 22.2. The molecule has 0 saturated heterocycles. The average Bonchev–Trinajstić information content (AvgIpc) is 1.55. The topological polar surface area (TPSA) is 194 Å². The molecule has 0 amide bonds. The van der Waals surface area contributed by atoms with Gasteiger partial charge in [-0.3, -0.25) is 9.97 Å². The van der Waals surface area contributed by atoms with Crippen LogP contribution in [0.15, 0.2) is 299 Å². The van der Waals surface area contributed by atoms with Crippen molar-refractivity contribution < 1.29 is 20.1 Å². The minimum atomic E-state index is 0. The summed E-state index contributed by atoms with van der Waals surface area (Å²) in [5.41, 5.74) is 30.8. The van der Waals surface area contributed by atoms with Crippen LogP contribution in [0, 0.1) is 53.2 Å².